The van der Waals surface area contributed by atoms with Crippen molar-refractivity contribution in [1.29, 1.82) is 0 Å². The van der Waals surface area contributed by atoms with E-state index in [1.54, 1.807) is 0 Å². The Balaban J connectivity index is 1.68. The van der Waals surface area contributed by atoms with Gasteiger partial charge in [-0.3, -0.25) is 0 Å². The molecular formula is C15H23BrN2. The fourth-order valence-electron chi connectivity index (χ4n) is 2.24. The molecule has 2 nitrogen and oxygen atoms in total. The second-order valence-electron chi connectivity index (χ2n) is 5.41. The normalized spacial score (nSPS) is 17.1. The Bertz CT molecular complexity index is 377. The lowest BCUT2D eigenvalue weighted by atomic mass is 10.2. The van der Waals surface area contributed by atoms with Gasteiger partial charge < -0.3 is 10.2 Å². The van der Waals surface area contributed by atoms with E-state index in [1.165, 1.54) is 22.9 Å². The van der Waals surface area contributed by atoms with Crippen molar-refractivity contribution >= 4 is 15.9 Å². The highest BCUT2D eigenvalue weighted by molar-refractivity contribution is 9.10. The van der Waals surface area contributed by atoms with Gasteiger partial charge in [-0.1, -0.05) is 34.1 Å². The van der Waals surface area contributed by atoms with Gasteiger partial charge in [0.15, 0.2) is 0 Å². The van der Waals surface area contributed by atoms with E-state index in [9.17, 15) is 0 Å². The second kappa shape index (κ2) is 6.69. The first-order chi connectivity index (χ1) is 8.66. The summed E-state index contributed by atoms with van der Waals surface area (Å²) < 4.78 is 1.20. The maximum atomic E-state index is 3.62. The third-order valence-electron chi connectivity index (χ3n) is 3.69. The molecule has 0 amide bonds. The van der Waals surface area contributed by atoms with Crippen LogP contribution in [0.15, 0.2) is 28.7 Å². The van der Waals surface area contributed by atoms with Crippen LogP contribution in [0.4, 0.5) is 0 Å². The molecule has 1 aliphatic rings. The van der Waals surface area contributed by atoms with Crippen LogP contribution in [0.3, 0.4) is 0 Å². The van der Waals surface area contributed by atoms with Crippen LogP contribution in [0, 0.1) is 5.92 Å². The Morgan fingerprint density at radius 3 is 2.78 bits per heavy atom. The third-order valence-corrected chi connectivity index (χ3v) is 4.46. The van der Waals surface area contributed by atoms with E-state index in [0.717, 1.165) is 25.6 Å². The number of rotatable bonds is 7. The molecule has 0 heterocycles. The third kappa shape index (κ3) is 4.38. The fraction of sp³-hybridized carbons (Fsp3) is 0.600. The summed E-state index contributed by atoms with van der Waals surface area (Å²) in [5.74, 6) is 0.943. The molecule has 18 heavy (non-hydrogen) atoms. The molecule has 1 unspecified atom stereocenters. The summed E-state index contributed by atoms with van der Waals surface area (Å²) in [4.78, 5) is 2.37. The number of nitrogens with one attached hydrogen (secondary N) is 1. The standard InChI is InChI=1S/C15H23BrN2/c1-12(13-7-8-13)17-9-10-18(2)11-14-5-3-4-6-15(14)16/h3-6,12-13,17H,7-11H2,1-2H3. The quantitative estimate of drug-likeness (QED) is 0.831. The number of halogens is 1. The average molecular weight is 311 g/mol. The Morgan fingerprint density at radius 2 is 2.11 bits per heavy atom. The zero-order chi connectivity index (χ0) is 13.0. The molecule has 0 radical (unpaired) electrons. The van der Waals surface area contributed by atoms with Crippen molar-refractivity contribution in [2.24, 2.45) is 5.92 Å². The van der Waals surface area contributed by atoms with Crippen molar-refractivity contribution in [2.75, 3.05) is 20.1 Å². The van der Waals surface area contributed by atoms with E-state index in [0.29, 0.717) is 6.04 Å². The first-order valence-electron chi connectivity index (χ1n) is 6.82. The van der Waals surface area contributed by atoms with Crippen LogP contribution >= 0.6 is 15.9 Å². The van der Waals surface area contributed by atoms with Crippen molar-refractivity contribution in [1.82, 2.24) is 10.2 Å². The molecule has 2 rings (SSSR count). The monoisotopic (exact) mass is 310 g/mol. The molecule has 100 valence electrons. The minimum absolute atomic E-state index is 0.696. The minimum atomic E-state index is 0.696. The van der Waals surface area contributed by atoms with Crippen molar-refractivity contribution in [3.05, 3.63) is 34.3 Å². The highest BCUT2D eigenvalue weighted by atomic mass is 79.9. The largest absolute Gasteiger partial charge is 0.313 e. The highest BCUT2D eigenvalue weighted by Crippen LogP contribution is 2.32. The summed E-state index contributed by atoms with van der Waals surface area (Å²) in [5, 5.41) is 3.62. The van der Waals surface area contributed by atoms with Gasteiger partial charge in [-0.05, 0) is 44.4 Å². The van der Waals surface area contributed by atoms with E-state index in [-0.39, 0.29) is 0 Å². The summed E-state index contributed by atoms with van der Waals surface area (Å²) >= 11 is 3.60. The van der Waals surface area contributed by atoms with Gasteiger partial charge in [0.1, 0.15) is 0 Å². The average Bonchev–Trinajstić information content (AvgIpc) is 3.16. The summed E-state index contributed by atoms with van der Waals surface area (Å²) in [5.41, 5.74) is 1.36. The van der Waals surface area contributed by atoms with Gasteiger partial charge >= 0.3 is 0 Å². The first kappa shape index (κ1) is 14.0. The lowest BCUT2D eigenvalue weighted by Crippen LogP contribution is -2.35. The lowest BCUT2D eigenvalue weighted by Gasteiger charge is -2.19. The Morgan fingerprint density at radius 1 is 1.39 bits per heavy atom. The van der Waals surface area contributed by atoms with Crippen molar-refractivity contribution < 1.29 is 0 Å². The maximum Gasteiger partial charge on any atom is 0.0242 e. The molecule has 0 bridgehead atoms. The van der Waals surface area contributed by atoms with Gasteiger partial charge in [0.2, 0.25) is 0 Å². The van der Waals surface area contributed by atoms with Crippen LogP contribution in [0.5, 0.6) is 0 Å². The minimum Gasteiger partial charge on any atom is -0.313 e. The highest BCUT2D eigenvalue weighted by Gasteiger charge is 2.27. The molecule has 3 heteroatoms. The smallest absolute Gasteiger partial charge is 0.0242 e. The predicted octanol–water partition coefficient (Wildman–Crippen LogP) is 3.27. The number of hydrogen-bond acceptors (Lipinski definition) is 2. The molecule has 0 aromatic heterocycles. The summed E-state index contributed by atoms with van der Waals surface area (Å²) in [6, 6.07) is 9.15. The molecule has 1 fully saturated rings. The molecule has 0 spiro atoms. The van der Waals surface area contributed by atoms with Crippen molar-refractivity contribution in [2.45, 2.75) is 32.4 Å². The molecule has 1 N–H and O–H groups in total. The van der Waals surface area contributed by atoms with Crippen LogP contribution < -0.4 is 5.32 Å². The summed E-state index contributed by atoms with van der Waals surface area (Å²) in [6.45, 7) is 5.49. The van der Waals surface area contributed by atoms with Crippen molar-refractivity contribution in [3.8, 4) is 0 Å². The van der Waals surface area contributed by atoms with Gasteiger partial charge in [-0.2, -0.15) is 0 Å². The topological polar surface area (TPSA) is 15.3 Å². The molecule has 1 aromatic rings. The molecule has 1 saturated carbocycles. The lowest BCUT2D eigenvalue weighted by molar-refractivity contribution is 0.314. The predicted molar refractivity (Wildman–Crippen MR) is 80.7 cm³/mol. The van der Waals surface area contributed by atoms with Crippen LogP contribution in [-0.4, -0.2) is 31.1 Å². The van der Waals surface area contributed by atoms with Gasteiger partial charge in [0, 0.05) is 30.1 Å². The Kier molecular flexibility index (Phi) is 5.22. The van der Waals surface area contributed by atoms with E-state index in [2.05, 4.69) is 64.4 Å². The molecule has 1 aliphatic carbocycles. The van der Waals surface area contributed by atoms with Crippen LogP contribution in [-0.2, 0) is 6.54 Å². The van der Waals surface area contributed by atoms with Crippen LogP contribution in [0.1, 0.15) is 25.3 Å². The van der Waals surface area contributed by atoms with Gasteiger partial charge in [0.05, 0.1) is 0 Å². The zero-order valence-electron chi connectivity index (χ0n) is 11.3. The molecule has 1 aromatic carbocycles. The molecule has 0 saturated heterocycles. The molecular weight excluding hydrogens is 288 g/mol. The fourth-order valence-corrected chi connectivity index (χ4v) is 2.65. The Hall–Kier alpha value is -0.380. The van der Waals surface area contributed by atoms with Gasteiger partial charge in [0.25, 0.3) is 0 Å². The van der Waals surface area contributed by atoms with Gasteiger partial charge in [-0.15, -0.1) is 0 Å². The van der Waals surface area contributed by atoms with Gasteiger partial charge in [-0.25, -0.2) is 0 Å². The van der Waals surface area contributed by atoms with E-state index < -0.39 is 0 Å². The van der Waals surface area contributed by atoms with E-state index in [1.807, 2.05) is 0 Å². The number of benzene rings is 1. The Labute approximate surface area is 119 Å². The van der Waals surface area contributed by atoms with Crippen molar-refractivity contribution in [3.63, 3.8) is 0 Å². The number of hydrogen-bond donors (Lipinski definition) is 1. The molecule has 0 aliphatic heterocycles. The first-order valence-corrected chi connectivity index (χ1v) is 7.61. The zero-order valence-corrected chi connectivity index (χ0v) is 12.9. The van der Waals surface area contributed by atoms with Crippen LogP contribution in [0.25, 0.3) is 0 Å². The van der Waals surface area contributed by atoms with E-state index >= 15 is 0 Å². The summed E-state index contributed by atoms with van der Waals surface area (Å²) in [6.07, 6.45) is 2.84. The number of nitrogens with zero attached hydrogens (tertiary/aromatic N) is 1. The second-order valence-corrected chi connectivity index (χ2v) is 6.26. The van der Waals surface area contributed by atoms with Crippen LogP contribution in [0.2, 0.25) is 0 Å². The number of likely N-dealkylation sites (N-methyl/N-ethyl adjacent to an activating group) is 1. The summed E-state index contributed by atoms with van der Waals surface area (Å²) in [7, 11) is 2.18. The molecule has 1 atom stereocenters. The maximum absolute atomic E-state index is 3.62. The van der Waals surface area contributed by atoms with E-state index in [4.69, 9.17) is 0 Å². The SMILES string of the molecule is CC(NCCN(C)Cc1ccccc1Br)C1CC1.